The van der Waals surface area contributed by atoms with Crippen LogP contribution in [-0.2, 0) is 12.8 Å². The fourth-order valence-corrected chi connectivity index (χ4v) is 11.5. The van der Waals surface area contributed by atoms with Crippen molar-refractivity contribution in [1.29, 1.82) is 21.0 Å². The number of nitrogens with zero attached hydrogens (tertiary/aromatic N) is 20. The summed E-state index contributed by atoms with van der Waals surface area (Å²) in [6.45, 7) is 0. The van der Waals surface area contributed by atoms with Gasteiger partial charge >= 0.3 is 0 Å². The Bertz CT molecular complexity index is 5240. The van der Waals surface area contributed by atoms with Gasteiger partial charge in [-0.1, -0.05) is 86.6 Å². The molecule has 0 bridgehead atoms. The quantitative estimate of drug-likeness (QED) is 0.143. The van der Waals surface area contributed by atoms with Crippen LogP contribution < -0.4 is 10.6 Å². The number of fused-ring (bicyclic) bond motifs is 6. The normalized spacial score (nSPS) is 13.4. The molecule has 24 heteroatoms. The van der Waals surface area contributed by atoms with E-state index in [-0.39, 0.29) is 26.9 Å². The van der Waals surface area contributed by atoms with Crippen molar-refractivity contribution in [2.45, 2.75) is 65.5 Å². The van der Waals surface area contributed by atoms with Gasteiger partial charge in [-0.25, -0.2) is 39.9 Å². The predicted molar refractivity (Wildman–Crippen MR) is 360 cm³/mol. The van der Waals surface area contributed by atoms with E-state index >= 15 is 0 Å². The lowest BCUT2D eigenvalue weighted by Crippen LogP contribution is -2.18. The van der Waals surface area contributed by atoms with Crippen molar-refractivity contribution in [2.24, 2.45) is 0 Å². The standard InChI is InChI=1S/2C22H18N6.2C12H6ClN5.2CH4/c23-11-15-8-9-20-19(10-15)25-14-28(20)22-13-24-12-21(27-22)26-18-7-3-5-16-4-1-2-6-17(16)18;23-11-15-8-9-19-20(10-15)28(14-25-19)22-13-24-12-21(27-22)26-18-7-3-5-16-4-1-2-6-17(16)18;13-11-5-15-6-12(17-11)18-7-16-9-3-8(4-14)1-2-10(9)18;13-11-5-15-6-12(17-11)18-7-16-9-2-1-8(4-14)3-10(9)18;;/h2*1-2,4,6,8-10,12-14,18H,3,5,7H2,(H,26,27);2*1-3,5-7H;2*1H4/t2*18-;;;;/m00..../s1. The Kier molecular flexibility index (Phi) is 19.3. The molecule has 94 heavy (non-hydrogen) atoms. The van der Waals surface area contributed by atoms with Crippen molar-refractivity contribution in [3.05, 3.63) is 251 Å². The highest BCUT2D eigenvalue weighted by atomic mass is 35.5. The minimum Gasteiger partial charge on any atom is -0.362 e. The Morgan fingerprint density at radius 1 is 0.383 bits per heavy atom. The Morgan fingerprint density at radius 2 is 0.734 bits per heavy atom. The summed E-state index contributed by atoms with van der Waals surface area (Å²) < 4.78 is 7.27. The molecular weight excluding hydrogens is 1220 g/mol. The molecule has 460 valence electrons. The molecule has 0 saturated carbocycles. The zero-order chi connectivity index (χ0) is 62.9. The van der Waals surface area contributed by atoms with Gasteiger partial charge in [-0.2, -0.15) is 21.0 Å². The minimum atomic E-state index is 0. The summed E-state index contributed by atoms with van der Waals surface area (Å²) in [7, 11) is 0. The van der Waals surface area contributed by atoms with E-state index in [1.807, 2.05) is 33.4 Å². The molecule has 0 aliphatic heterocycles. The molecule has 0 saturated heterocycles. The Labute approximate surface area is 549 Å². The number of nitriles is 4. The van der Waals surface area contributed by atoms with E-state index in [9.17, 15) is 5.26 Å². The molecule has 6 aromatic carbocycles. The monoisotopic (exact) mass is 1270 g/mol. The maximum absolute atomic E-state index is 9.18. The third-order valence-corrected chi connectivity index (χ3v) is 15.9. The van der Waals surface area contributed by atoms with Crippen LogP contribution in [0, 0.1) is 45.3 Å². The molecular formula is C70H56Cl2N22. The van der Waals surface area contributed by atoms with Crippen LogP contribution in [0.2, 0.25) is 10.3 Å². The SMILES string of the molecule is C.C.N#Cc1ccc2c(c1)ncn2-c1cncc(Cl)n1.N#Cc1ccc2c(c1)ncn2-c1cncc(N[C@H]2CCCc3ccccc32)n1.N#Cc1ccc2ncn(-c3cncc(Cl)n3)c2c1.N#Cc1ccc2ncn(-c3cncc(N[C@H]4CCCc5ccccc54)n3)c2c1. The van der Waals surface area contributed by atoms with Gasteiger partial charge in [-0.05, 0) is 134 Å². The summed E-state index contributed by atoms with van der Waals surface area (Å²) in [5, 5.41) is 43.7. The van der Waals surface area contributed by atoms with Crippen molar-refractivity contribution < 1.29 is 0 Å². The number of nitrogens with one attached hydrogen (secondary N) is 2. The van der Waals surface area contributed by atoms with Gasteiger partial charge in [0, 0.05) is 0 Å². The lowest BCUT2D eigenvalue weighted by Gasteiger charge is -2.26. The van der Waals surface area contributed by atoms with Gasteiger partial charge < -0.3 is 10.6 Å². The van der Waals surface area contributed by atoms with Crippen molar-refractivity contribution in [3.63, 3.8) is 0 Å². The molecule has 14 aromatic rings. The second-order valence-corrected chi connectivity index (χ2v) is 22.0. The third-order valence-electron chi connectivity index (χ3n) is 15.5. The van der Waals surface area contributed by atoms with Crippen LogP contribution in [0.4, 0.5) is 11.6 Å². The molecule has 2 atom stereocenters. The largest absolute Gasteiger partial charge is 0.362 e. The highest BCUT2D eigenvalue weighted by molar-refractivity contribution is 6.29. The fourth-order valence-electron chi connectivity index (χ4n) is 11.2. The molecule has 2 N–H and O–H groups in total. The number of benzene rings is 6. The average Bonchev–Trinajstić information content (AvgIpc) is 1.74. The first-order chi connectivity index (χ1) is 45.2. The number of rotatable bonds is 8. The van der Waals surface area contributed by atoms with Gasteiger partial charge in [-0.3, -0.25) is 38.2 Å². The van der Waals surface area contributed by atoms with Crippen LogP contribution >= 0.6 is 23.2 Å². The van der Waals surface area contributed by atoms with E-state index in [1.165, 1.54) is 34.6 Å². The van der Waals surface area contributed by atoms with E-state index in [1.54, 1.807) is 120 Å². The summed E-state index contributed by atoms with van der Waals surface area (Å²) in [6, 6.07) is 47.6. The molecule has 22 nitrogen and oxygen atoms in total. The molecule has 0 spiro atoms. The number of anilines is 2. The summed E-state index contributed by atoms with van der Waals surface area (Å²) in [6.07, 6.45) is 26.5. The van der Waals surface area contributed by atoms with Gasteiger partial charge in [0.05, 0.1) is 152 Å². The first kappa shape index (κ1) is 63.2. The molecule has 8 aromatic heterocycles. The Morgan fingerprint density at radius 3 is 1.14 bits per heavy atom. The molecule has 16 rings (SSSR count). The lowest BCUT2D eigenvalue weighted by atomic mass is 9.88. The zero-order valence-corrected chi connectivity index (χ0v) is 50.1. The highest BCUT2D eigenvalue weighted by Gasteiger charge is 2.22. The van der Waals surface area contributed by atoms with Crippen molar-refractivity contribution in [2.75, 3.05) is 10.6 Å². The van der Waals surface area contributed by atoms with Gasteiger partial charge in [0.25, 0.3) is 0 Å². The lowest BCUT2D eigenvalue weighted by molar-refractivity contribution is 0.598. The summed E-state index contributed by atoms with van der Waals surface area (Å²) >= 11 is 11.6. The maximum Gasteiger partial charge on any atom is 0.159 e. The summed E-state index contributed by atoms with van der Waals surface area (Å²) in [5.41, 5.74) is 14.3. The van der Waals surface area contributed by atoms with E-state index < -0.39 is 0 Å². The van der Waals surface area contributed by atoms with Crippen LogP contribution in [0.3, 0.4) is 0 Å². The van der Waals surface area contributed by atoms with Crippen LogP contribution in [0.25, 0.3) is 67.4 Å². The minimum absolute atomic E-state index is 0. The van der Waals surface area contributed by atoms with E-state index in [0.717, 1.165) is 94.3 Å². The van der Waals surface area contributed by atoms with Gasteiger partial charge in [0.2, 0.25) is 0 Å². The second-order valence-electron chi connectivity index (χ2n) is 21.2. The zero-order valence-electron chi connectivity index (χ0n) is 48.6. The van der Waals surface area contributed by atoms with Crippen molar-refractivity contribution in [1.82, 2.24) is 78.1 Å². The number of aromatic nitrogens is 16. The number of hydrogen-bond acceptors (Lipinski definition) is 18. The smallest absolute Gasteiger partial charge is 0.159 e. The van der Waals surface area contributed by atoms with Crippen LogP contribution in [-0.4, -0.2) is 78.1 Å². The number of imidazole rings is 4. The molecule has 0 fully saturated rings. The molecule has 2 aliphatic carbocycles. The fraction of sp³-hybridized carbons (Fsp3) is 0.143. The first-order valence-electron chi connectivity index (χ1n) is 29.0. The molecule has 0 radical (unpaired) electrons. The summed E-state index contributed by atoms with van der Waals surface area (Å²) in [4.78, 5) is 51.9. The maximum atomic E-state index is 9.18. The number of aryl methyl sites for hydroxylation is 2. The number of hydrogen-bond donors (Lipinski definition) is 2. The van der Waals surface area contributed by atoms with E-state index in [4.69, 9.17) is 49.0 Å². The van der Waals surface area contributed by atoms with E-state index in [0.29, 0.717) is 55.8 Å². The predicted octanol–water partition coefficient (Wildman–Crippen LogP) is 14.3. The summed E-state index contributed by atoms with van der Waals surface area (Å²) in [5.74, 6) is 4.01. The topological polar surface area (TPSA) is 294 Å². The van der Waals surface area contributed by atoms with Gasteiger partial charge in [-0.15, -0.1) is 0 Å². The number of halogens is 2. The average molecular weight is 1280 g/mol. The van der Waals surface area contributed by atoms with E-state index in [2.05, 4.69) is 133 Å². The van der Waals surface area contributed by atoms with Crippen LogP contribution in [0.5, 0.6) is 0 Å². The first-order valence-corrected chi connectivity index (χ1v) is 29.7. The molecule has 0 amide bonds. The molecule has 8 heterocycles. The molecule has 0 unspecified atom stereocenters. The van der Waals surface area contributed by atoms with Crippen LogP contribution in [0.1, 0.15) is 97.1 Å². The Hall–Kier alpha value is -12.3. The highest BCUT2D eigenvalue weighted by Crippen LogP contribution is 2.34. The van der Waals surface area contributed by atoms with Crippen molar-refractivity contribution in [3.8, 4) is 47.5 Å². The van der Waals surface area contributed by atoms with Gasteiger partial charge in [0.15, 0.2) is 23.3 Å². The third kappa shape index (κ3) is 13.7. The molecule has 2 aliphatic rings. The van der Waals surface area contributed by atoms with Gasteiger partial charge in [0.1, 0.15) is 47.3 Å². The Balaban J connectivity index is 0.000000130. The second kappa shape index (κ2) is 28.7. The van der Waals surface area contributed by atoms with Crippen molar-refractivity contribution >= 4 is 79.0 Å². The van der Waals surface area contributed by atoms with Crippen LogP contribution in [0.15, 0.2) is 196 Å².